The number of ether oxygens (including phenoxy) is 1. The third-order valence-corrected chi connectivity index (χ3v) is 3.44. The molecule has 1 amide bonds. The van der Waals surface area contributed by atoms with Gasteiger partial charge in [-0.05, 0) is 32.9 Å². The van der Waals surface area contributed by atoms with E-state index in [2.05, 4.69) is 4.98 Å². The van der Waals surface area contributed by atoms with E-state index in [-0.39, 0.29) is 17.6 Å². The number of pyridine rings is 1. The molecule has 1 unspecified atom stereocenters. The van der Waals surface area contributed by atoms with Gasteiger partial charge in [-0.15, -0.1) is 11.6 Å². The van der Waals surface area contributed by atoms with Crippen molar-refractivity contribution >= 4 is 17.5 Å². The first-order chi connectivity index (χ1) is 8.91. The van der Waals surface area contributed by atoms with Crippen LogP contribution in [0.1, 0.15) is 29.9 Å². The molecular weight excluding hydrogens is 264 g/mol. The molecule has 5 heteroatoms. The lowest BCUT2D eigenvalue weighted by molar-refractivity contribution is -0.117. The molecule has 1 aliphatic rings. The zero-order valence-electron chi connectivity index (χ0n) is 11.5. The SMILES string of the molecule is Cc1ccc(C(=O)N2CC(CCl)OC(C)(C)C2)cn1. The van der Waals surface area contributed by atoms with Crippen LogP contribution in [-0.2, 0) is 4.74 Å². The Bertz CT molecular complexity index is 459. The summed E-state index contributed by atoms with van der Waals surface area (Å²) in [6, 6.07) is 3.65. The van der Waals surface area contributed by atoms with Crippen LogP contribution in [0.4, 0.5) is 0 Å². The standard InChI is InChI=1S/C14H19ClN2O2/c1-10-4-5-11(7-16-10)13(18)17-8-12(6-15)19-14(2,3)9-17/h4-5,7,12H,6,8-9H2,1-3H3. The summed E-state index contributed by atoms with van der Waals surface area (Å²) in [5.74, 6) is 0.373. The van der Waals surface area contributed by atoms with Crippen molar-refractivity contribution in [1.29, 1.82) is 0 Å². The van der Waals surface area contributed by atoms with Crippen molar-refractivity contribution in [2.24, 2.45) is 0 Å². The molecule has 1 atom stereocenters. The van der Waals surface area contributed by atoms with Gasteiger partial charge < -0.3 is 9.64 Å². The number of morpholine rings is 1. The lowest BCUT2D eigenvalue weighted by Crippen LogP contribution is -2.55. The Kier molecular flexibility index (Phi) is 4.11. The van der Waals surface area contributed by atoms with Gasteiger partial charge in [0.15, 0.2) is 0 Å². The highest BCUT2D eigenvalue weighted by atomic mass is 35.5. The maximum Gasteiger partial charge on any atom is 0.255 e. The molecule has 1 aromatic rings. The van der Waals surface area contributed by atoms with Gasteiger partial charge in [0.2, 0.25) is 0 Å². The summed E-state index contributed by atoms with van der Waals surface area (Å²) in [4.78, 5) is 18.4. The van der Waals surface area contributed by atoms with E-state index in [9.17, 15) is 4.79 Å². The zero-order valence-corrected chi connectivity index (χ0v) is 12.3. The second kappa shape index (κ2) is 5.47. The van der Waals surface area contributed by atoms with Crippen molar-refractivity contribution < 1.29 is 9.53 Å². The van der Waals surface area contributed by atoms with E-state index in [4.69, 9.17) is 16.3 Å². The quantitative estimate of drug-likeness (QED) is 0.782. The first-order valence-electron chi connectivity index (χ1n) is 6.37. The average Bonchev–Trinajstić information content (AvgIpc) is 2.37. The first-order valence-corrected chi connectivity index (χ1v) is 6.90. The van der Waals surface area contributed by atoms with Gasteiger partial charge in [-0.1, -0.05) is 0 Å². The molecule has 0 saturated carbocycles. The van der Waals surface area contributed by atoms with E-state index in [0.29, 0.717) is 24.5 Å². The Balaban J connectivity index is 2.16. The number of aromatic nitrogens is 1. The fraction of sp³-hybridized carbons (Fsp3) is 0.571. The minimum Gasteiger partial charge on any atom is -0.367 e. The number of carbonyl (C=O) groups excluding carboxylic acids is 1. The Morgan fingerprint density at radius 2 is 2.32 bits per heavy atom. The van der Waals surface area contributed by atoms with Crippen LogP contribution in [0.25, 0.3) is 0 Å². The van der Waals surface area contributed by atoms with E-state index < -0.39 is 0 Å². The topological polar surface area (TPSA) is 42.4 Å². The number of hydrogen-bond acceptors (Lipinski definition) is 3. The highest BCUT2D eigenvalue weighted by Crippen LogP contribution is 2.23. The van der Waals surface area contributed by atoms with Crippen molar-refractivity contribution in [3.8, 4) is 0 Å². The lowest BCUT2D eigenvalue weighted by Gasteiger charge is -2.42. The van der Waals surface area contributed by atoms with E-state index in [1.54, 1.807) is 11.1 Å². The molecule has 1 fully saturated rings. The number of alkyl halides is 1. The van der Waals surface area contributed by atoms with Crippen LogP contribution in [0.5, 0.6) is 0 Å². The molecule has 0 bridgehead atoms. The Hall–Kier alpha value is -1.13. The molecule has 0 spiro atoms. The second-order valence-corrected chi connectivity index (χ2v) is 5.84. The molecule has 2 rings (SSSR count). The summed E-state index contributed by atoms with van der Waals surface area (Å²) in [6.45, 7) is 6.93. The fourth-order valence-corrected chi connectivity index (χ4v) is 2.47. The van der Waals surface area contributed by atoms with Gasteiger partial charge in [0.1, 0.15) is 0 Å². The van der Waals surface area contributed by atoms with E-state index in [1.807, 2.05) is 32.9 Å². The van der Waals surface area contributed by atoms with Crippen molar-refractivity contribution in [3.05, 3.63) is 29.6 Å². The normalized spacial score (nSPS) is 22.3. The molecule has 2 heterocycles. The van der Waals surface area contributed by atoms with Crippen LogP contribution in [0.15, 0.2) is 18.3 Å². The largest absolute Gasteiger partial charge is 0.367 e. The number of rotatable bonds is 2. The lowest BCUT2D eigenvalue weighted by atomic mass is 10.0. The number of nitrogens with zero attached hydrogens (tertiary/aromatic N) is 2. The van der Waals surface area contributed by atoms with Crippen LogP contribution in [0.3, 0.4) is 0 Å². The summed E-state index contributed by atoms with van der Waals surface area (Å²) in [6.07, 6.45) is 1.50. The van der Waals surface area contributed by atoms with Gasteiger partial charge in [-0.3, -0.25) is 9.78 Å². The van der Waals surface area contributed by atoms with E-state index >= 15 is 0 Å². The number of halogens is 1. The molecule has 0 radical (unpaired) electrons. The Morgan fingerprint density at radius 1 is 1.58 bits per heavy atom. The maximum atomic E-state index is 12.4. The van der Waals surface area contributed by atoms with Gasteiger partial charge in [0.25, 0.3) is 5.91 Å². The molecular formula is C14H19ClN2O2. The summed E-state index contributed by atoms with van der Waals surface area (Å²) in [5, 5.41) is 0. The molecule has 4 nitrogen and oxygen atoms in total. The van der Waals surface area contributed by atoms with Crippen molar-refractivity contribution in [2.45, 2.75) is 32.5 Å². The van der Waals surface area contributed by atoms with Crippen molar-refractivity contribution in [1.82, 2.24) is 9.88 Å². The number of amides is 1. The maximum absolute atomic E-state index is 12.4. The molecule has 19 heavy (non-hydrogen) atoms. The van der Waals surface area contributed by atoms with Crippen LogP contribution in [0, 0.1) is 6.92 Å². The fourth-order valence-electron chi connectivity index (χ4n) is 2.31. The number of aryl methyl sites for hydroxylation is 1. The summed E-state index contributed by atoms with van der Waals surface area (Å²) < 4.78 is 5.82. The van der Waals surface area contributed by atoms with Crippen LogP contribution in [-0.4, -0.2) is 46.5 Å². The monoisotopic (exact) mass is 282 g/mol. The predicted octanol–water partition coefficient (Wildman–Crippen LogP) is 2.25. The summed E-state index contributed by atoms with van der Waals surface area (Å²) >= 11 is 5.87. The molecule has 1 aliphatic heterocycles. The highest BCUT2D eigenvalue weighted by Gasteiger charge is 2.35. The van der Waals surface area contributed by atoms with Gasteiger partial charge in [0, 0.05) is 25.0 Å². The molecule has 1 aromatic heterocycles. The van der Waals surface area contributed by atoms with Crippen LogP contribution < -0.4 is 0 Å². The number of carbonyl (C=O) groups is 1. The minimum absolute atomic E-state index is 0.0148. The van der Waals surface area contributed by atoms with Crippen molar-refractivity contribution in [3.63, 3.8) is 0 Å². The molecule has 1 saturated heterocycles. The third kappa shape index (κ3) is 3.45. The van der Waals surface area contributed by atoms with Gasteiger partial charge >= 0.3 is 0 Å². The first kappa shape index (κ1) is 14.3. The average molecular weight is 283 g/mol. The van der Waals surface area contributed by atoms with Gasteiger partial charge in [-0.25, -0.2) is 0 Å². The zero-order chi connectivity index (χ0) is 14.0. The minimum atomic E-state index is -0.369. The summed E-state index contributed by atoms with van der Waals surface area (Å²) in [5.41, 5.74) is 1.14. The predicted molar refractivity (Wildman–Crippen MR) is 74.5 cm³/mol. The Morgan fingerprint density at radius 3 is 2.89 bits per heavy atom. The van der Waals surface area contributed by atoms with E-state index in [0.717, 1.165) is 5.69 Å². The molecule has 0 aliphatic carbocycles. The highest BCUT2D eigenvalue weighted by molar-refractivity contribution is 6.18. The van der Waals surface area contributed by atoms with Gasteiger partial charge in [-0.2, -0.15) is 0 Å². The summed E-state index contributed by atoms with van der Waals surface area (Å²) in [7, 11) is 0. The molecule has 0 N–H and O–H groups in total. The smallest absolute Gasteiger partial charge is 0.255 e. The van der Waals surface area contributed by atoms with Crippen LogP contribution >= 0.6 is 11.6 Å². The Labute approximate surface area is 118 Å². The molecule has 104 valence electrons. The third-order valence-electron chi connectivity index (χ3n) is 3.10. The van der Waals surface area contributed by atoms with E-state index in [1.165, 1.54) is 0 Å². The second-order valence-electron chi connectivity index (χ2n) is 5.53. The number of hydrogen-bond donors (Lipinski definition) is 0. The molecule has 0 aromatic carbocycles. The van der Waals surface area contributed by atoms with Crippen molar-refractivity contribution in [2.75, 3.05) is 19.0 Å². The van der Waals surface area contributed by atoms with Crippen LogP contribution in [0.2, 0.25) is 0 Å². The van der Waals surface area contributed by atoms with Gasteiger partial charge in [0.05, 0.1) is 23.1 Å².